The van der Waals surface area contributed by atoms with Crippen LogP contribution in [0.2, 0.25) is 0 Å². The number of carboxylic acid groups (broad SMARTS) is 3. The van der Waals surface area contributed by atoms with E-state index in [4.69, 9.17) is 43.3 Å². The van der Waals surface area contributed by atoms with E-state index < -0.39 is 41.1 Å². The van der Waals surface area contributed by atoms with E-state index >= 15 is 0 Å². The van der Waals surface area contributed by atoms with Crippen molar-refractivity contribution < 1.29 is 117 Å². The quantitative estimate of drug-likeness (QED) is 0.00464. The number of thiol groups is 1. The van der Waals surface area contributed by atoms with Crippen LogP contribution < -0.4 is 24.2 Å². The maximum atomic E-state index is 13.7. The molecule has 22 nitrogen and oxygen atoms in total. The Morgan fingerprint density at radius 2 is 0.917 bits per heavy atom. The Morgan fingerprint density at radius 1 is 0.545 bits per heavy atom. The molecule has 132 heavy (non-hydrogen) atoms. The molecule has 0 aromatic heterocycles. The third-order valence-corrected chi connectivity index (χ3v) is 22.1. The van der Waals surface area contributed by atoms with Crippen molar-refractivity contribution in [1.82, 2.24) is 19.8 Å². The van der Waals surface area contributed by atoms with Gasteiger partial charge in [-0.05, 0) is 170 Å². The smallest absolute Gasteiger partial charge is 0.828 e. The molecular weight excluding hydrogens is 1880 g/mol. The van der Waals surface area contributed by atoms with E-state index in [0.29, 0.717) is 64.4 Å². The van der Waals surface area contributed by atoms with Crippen molar-refractivity contribution in [2.24, 2.45) is 9.98 Å². The number of hydrogen-bond donors (Lipinski definition) is 6. The molecule has 1 aliphatic carbocycles. The molecule has 5 N–H and O–H groups in total. The molecule has 2 aliphatic heterocycles. The Hall–Kier alpha value is -10.6. The molecule has 2 fully saturated rings. The molecular formula is C101H106B2ClN8Ni3O14PS2+2. The van der Waals surface area contributed by atoms with Gasteiger partial charge in [0.15, 0.2) is 5.54 Å². The molecule has 2 heterocycles. The molecule has 3 aliphatic rings. The normalized spacial score (nSPS) is 14.9. The number of halogens is 1. The van der Waals surface area contributed by atoms with E-state index in [0.717, 1.165) is 100 Å². The molecule has 7 atom stereocenters. The van der Waals surface area contributed by atoms with Crippen LogP contribution in [0.15, 0.2) is 301 Å². The van der Waals surface area contributed by atoms with Gasteiger partial charge in [-0.1, -0.05) is 268 Å². The second-order valence-corrected chi connectivity index (χ2v) is 33.2. The number of aliphatic carboxylic acids is 3. The number of aliphatic imine (C=N–C) groups is 2. The first-order valence-electron chi connectivity index (χ1n) is 42.0. The fourth-order valence-corrected chi connectivity index (χ4v) is 14.9. The van der Waals surface area contributed by atoms with Gasteiger partial charge >= 0.3 is 73.5 Å². The van der Waals surface area contributed by atoms with Gasteiger partial charge in [0, 0.05) is 48.9 Å². The Balaban J connectivity index is 0.000000274. The average molecular weight is 1980 g/mol. The SMILES string of the molecule is CC([C-]=O)NS.COc1ccc(CCl)cc1.COc1ccc(C[C@](C)(N=C(c2ccccc2)c2ccccc2[N-]C(=O)C2CCCN2Cc2ccccc2)C(=O)O)cc1.COc1ccc(C[C@](C)(NC(=O)OCC2c3ccccc3-c3ccccc32)C(=O)O)cc1.C[C@H](N=C(c1ccccc1)c1ccccc1[N-]C(=O)C1CCCN1Cc1ccccc1)C(=O)O.[B]B(P)[S-].[Ni+2].[Ni+2].[Ni+2]. The summed E-state index contributed by atoms with van der Waals surface area (Å²) >= 11 is 13.5. The second kappa shape index (κ2) is 56.4. The third kappa shape index (κ3) is 33.2. The molecule has 11 aromatic carbocycles. The minimum atomic E-state index is -1.52. The first kappa shape index (κ1) is 110. The number of ether oxygens (including phenoxy) is 4. The molecule has 0 spiro atoms. The van der Waals surface area contributed by atoms with Gasteiger partial charge in [-0.3, -0.25) is 24.5 Å². The Kier molecular flexibility index (Phi) is 47.0. The summed E-state index contributed by atoms with van der Waals surface area (Å²) in [6.45, 7) is 9.51. The predicted molar refractivity (Wildman–Crippen MR) is 522 cm³/mol. The van der Waals surface area contributed by atoms with E-state index in [1.807, 2.05) is 218 Å². The molecule has 11 aromatic rings. The van der Waals surface area contributed by atoms with Crippen LogP contribution >= 0.6 is 33.5 Å². The summed E-state index contributed by atoms with van der Waals surface area (Å²) in [5.41, 5.74) is 11.0. The van der Waals surface area contributed by atoms with Crippen molar-refractivity contribution in [3.8, 4) is 28.4 Å². The molecule has 0 saturated carbocycles. The number of fused-ring (bicyclic) bond motifs is 3. The number of carboxylic acids is 3. The summed E-state index contributed by atoms with van der Waals surface area (Å²) < 4.78 is 23.3. The van der Waals surface area contributed by atoms with Gasteiger partial charge in [-0.15, -0.1) is 35.8 Å². The van der Waals surface area contributed by atoms with Crippen LogP contribution in [0.25, 0.3) is 21.8 Å². The Labute approximate surface area is 823 Å². The van der Waals surface area contributed by atoms with Gasteiger partial charge in [0.2, 0.25) is 0 Å². The van der Waals surface area contributed by atoms with E-state index in [-0.39, 0.29) is 110 Å². The van der Waals surface area contributed by atoms with E-state index in [9.17, 15) is 48.9 Å². The minimum absolute atomic E-state index is 0. The molecule has 3 amide bonds. The zero-order valence-corrected chi connectivity index (χ0v) is 80.6. The van der Waals surface area contributed by atoms with Crippen LogP contribution in [-0.2, 0) is 127 Å². The van der Waals surface area contributed by atoms with Gasteiger partial charge < -0.3 is 77.1 Å². The zero-order valence-electron chi connectivity index (χ0n) is 74.0. The number of alkyl carbamates (subject to hydrolysis) is 1. The number of para-hydroxylation sites is 2. The molecule has 14 rings (SSSR count). The standard InChI is InChI=1S/C36H37N3O4.C28H29N3O3.C26H25NO5.C8H9ClO.C3H6NOS.B2H2PS.3Ni/c1-36(35(41)42,24-26-19-21-29(43-2)22-20-26)38-33(28-14-7-4-8-15-28)30-16-9-10-17-31(30)37-34(40)32-18-11-23-39(32)25-27-12-5-3-6-13-27;1-20(28(33)34)29-26(22-13-6-3-7-14-22)23-15-8-9-16-24(23)30-27(32)25-17-10-18-31(25)19-21-11-4-2-5-12-21;1-26(24(28)29,15-17-11-13-18(31-2)14-12-17)27-25(30)32-16-23-21-9-5-3-7-19(21)20-8-4-6-10-22(20)23;1-10-8-4-2-7(6-9)3-5-8;1-3(2-5)4-6;1-2(3)4;;;/h3-10,12-17,19-22,32H,11,18,23-25H2,1-2H3,(H2,37,38,40,41,42);2-9,11-16,20,25H,10,17-19H2,1H3,(H2,29,30,32,33,34);3-14,23H,15-16H2,1-2H3,(H,27,30)(H,28,29);2-5H,6H2,1H3;3-4,6H,1H3;3H2;;;/q;;;;2*-1;3*+2/p-2/t32?,36-;20-,25?;26-;;;;;;/m000....../s1. The number of rotatable bonds is 30. The van der Waals surface area contributed by atoms with Crippen LogP contribution in [0.1, 0.15) is 120 Å². The summed E-state index contributed by atoms with van der Waals surface area (Å²) in [5.74, 6) is -0.876. The maximum Gasteiger partial charge on any atom is 2.00 e. The number of benzene rings is 11. The number of methoxy groups -OCH3 is 3. The second-order valence-electron chi connectivity index (χ2n) is 31.0. The van der Waals surface area contributed by atoms with Gasteiger partial charge in [0.1, 0.15) is 35.4 Å². The third-order valence-electron chi connectivity index (χ3n) is 21.4. The fraction of sp³-hybridized carbons (Fsp3) is 0.257. The summed E-state index contributed by atoms with van der Waals surface area (Å²) in [4.78, 5) is 99.1. The number of likely N-dealkylation sites (tertiary alicyclic amines) is 2. The van der Waals surface area contributed by atoms with Crippen molar-refractivity contribution >= 4 is 124 Å². The van der Waals surface area contributed by atoms with Crippen LogP contribution in [0.4, 0.5) is 16.2 Å². The van der Waals surface area contributed by atoms with E-state index in [2.05, 4.69) is 106 Å². The first-order valence-corrected chi connectivity index (χ1v) is 44.1. The topological polar surface area (TPSA) is 301 Å². The zero-order chi connectivity index (χ0) is 92.8. The van der Waals surface area contributed by atoms with Crippen molar-refractivity contribution in [3.63, 3.8) is 0 Å². The number of amides is 3. The number of alkyl halides is 1. The number of carbonyl (C=O) groups excluding carboxylic acids is 4. The first-order chi connectivity index (χ1) is 62.2. The van der Waals surface area contributed by atoms with Gasteiger partial charge in [-0.25, -0.2) is 34.6 Å². The minimum Gasteiger partial charge on any atom is -0.828 e. The predicted octanol–water partition coefficient (Wildman–Crippen LogP) is 18.5. The number of nitrogens with zero attached hydrogens (tertiary/aromatic N) is 6. The van der Waals surface area contributed by atoms with E-state index in [1.165, 1.54) is 19.4 Å². The van der Waals surface area contributed by atoms with Crippen molar-refractivity contribution in [2.75, 3.05) is 41.0 Å². The molecule has 4 unspecified atom stereocenters. The van der Waals surface area contributed by atoms with Crippen molar-refractivity contribution in [3.05, 3.63) is 363 Å². The number of hydrogen-bond acceptors (Lipinski definition) is 18. The fourth-order valence-electron chi connectivity index (χ4n) is 14.7. The van der Waals surface area contributed by atoms with Gasteiger partial charge in [-0.2, -0.15) is 0 Å². The van der Waals surface area contributed by atoms with Gasteiger partial charge in [0.05, 0.1) is 56.7 Å². The largest absolute Gasteiger partial charge is 2.00 e. The van der Waals surface area contributed by atoms with Crippen LogP contribution in [0.5, 0.6) is 17.2 Å². The van der Waals surface area contributed by atoms with Crippen molar-refractivity contribution in [1.29, 1.82) is 0 Å². The monoisotopic (exact) mass is 1980 g/mol. The summed E-state index contributed by atoms with van der Waals surface area (Å²) in [5, 5.41) is 41.4. The molecule has 692 valence electrons. The maximum absolute atomic E-state index is 13.7. The Bertz CT molecular complexity index is 5460. The van der Waals surface area contributed by atoms with Crippen molar-refractivity contribution in [2.45, 2.75) is 126 Å². The van der Waals surface area contributed by atoms with Crippen LogP contribution in [-0.4, -0.2) is 168 Å². The summed E-state index contributed by atoms with van der Waals surface area (Å²) in [6.07, 6.45) is 4.59. The Morgan fingerprint density at radius 3 is 1.30 bits per heavy atom. The number of carbonyl (C=O) groups is 6. The van der Waals surface area contributed by atoms with Crippen LogP contribution in [0.3, 0.4) is 0 Å². The van der Waals surface area contributed by atoms with Gasteiger partial charge in [0.25, 0.3) is 0 Å². The molecule has 2 radical (unpaired) electrons. The average Bonchev–Trinajstić information content (AvgIpc) is 1.61. The number of nitrogens with one attached hydrogen (secondary N) is 2. The van der Waals surface area contributed by atoms with E-state index in [1.54, 1.807) is 77.9 Å². The molecule has 2 saturated heterocycles. The summed E-state index contributed by atoms with van der Waals surface area (Å²) in [6, 6.07) is 90.2. The van der Waals surface area contributed by atoms with Crippen LogP contribution in [0, 0.1) is 0 Å². The molecule has 31 heteroatoms. The molecule has 0 bridgehead atoms. The summed E-state index contributed by atoms with van der Waals surface area (Å²) in [7, 11) is 11.9.